The summed E-state index contributed by atoms with van der Waals surface area (Å²) in [6.07, 6.45) is 2.94. The molecule has 1 N–H and O–H groups in total. The smallest absolute Gasteiger partial charge is 0.308 e. The molecule has 0 aromatic heterocycles. The lowest BCUT2D eigenvalue weighted by atomic mass is 9.81. The van der Waals surface area contributed by atoms with E-state index in [0.717, 1.165) is 24.8 Å². The van der Waals surface area contributed by atoms with E-state index in [9.17, 15) is 19.2 Å². The molecule has 3 aliphatic rings. The first kappa shape index (κ1) is 18.7. The van der Waals surface area contributed by atoms with Gasteiger partial charge in [-0.1, -0.05) is 17.7 Å². The number of nitrogens with one attached hydrogen (secondary N) is 1. The summed E-state index contributed by atoms with van der Waals surface area (Å²) in [5.74, 6) is -0.997. The number of carbonyl (C=O) groups is 4. The van der Waals surface area contributed by atoms with E-state index in [1.165, 1.54) is 4.90 Å². The molecule has 1 heterocycles. The zero-order valence-corrected chi connectivity index (χ0v) is 15.8. The van der Waals surface area contributed by atoms with Crippen molar-refractivity contribution in [3.05, 3.63) is 29.8 Å². The highest BCUT2D eigenvalue weighted by molar-refractivity contribution is 6.06. The number of carbonyl (C=O) groups excluding carboxylic acids is 4. The summed E-state index contributed by atoms with van der Waals surface area (Å²) < 4.78 is 4.98. The van der Waals surface area contributed by atoms with Gasteiger partial charge < -0.3 is 10.1 Å². The second-order valence-corrected chi connectivity index (χ2v) is 8.04. The van der Waals surface area contributed by atoms with Gasteiger partial charge in [0.25, 0.3) is 5.91 Å². The van der Waals surface area contributed by atoms with E-state index < -0.39 is 18.5 Å². The molecule has 4 rings (SSSR count). The van der Waals surface area contributed by atoms with Crippen molar-refractivity contribution >= 4 is 29.4 Å². The average Bonchev–Trinajstić information content (AvgIpc) is 3.35. The van der Waals surface area contributed by atoms with E-state index in [1.807, 2.05) is 19.1 Å². The number of ether oxygens (including phenoxy) is 1. The Morgan fingerprint density at radius 1 is 1.07 bits per heavy atom. The lowest BCUT2D eigenvalue weighted by Crippen LogP contribution is -2.35. The monoisotopic (exact) mass is 384 g/mol. The topological polar surface area (TPSA) is 92.8 Å². The molecule has 1 aromatic rings. The number of hydrogen-bond acceptors (Lipinski definition) is 5. The van der Waals surface area contributed by atoms with Crippen molar-refractivity contribution in [1.82, 2.24) is 4.90 Å². The fraction of sp³-hybridized carbons (Fsp3) is 0.524. The zero-order chi connectivity index (χ0) is 19.8. The summed E-state index contributed by atoms with van der Waals surface area (Å²) in [5.41, 5.74) is 1.70. The van der Waals surface area contributed by atoms with Crippen LogP contribution in [0.4, 0.5) is 5.69 Å². The van der Waals surface area contributed by atoms with E-state index in [2.05, 4.69) is 5.32 Å². The van der Waals surface area contributed by atoms with Crippen LogP contribution in [-0.4, -0.2) is 41.7 Å². The Morgan fingerprint density at radius 3 is 2.29 bits per heavy atom. The Hall–Kier alpha value is -2.70. The molecule has 2 saturated carbocycles. The van der Waals surface area contributed by atoms with Gasteiger partial charge >= 0.3 is 5.97 Å². The molecule has 0 spiro atoms. The van der Waals surface area contributed by atoms with Crippen molar-refractivity contribution in [2.24, 2.45) is 23.7 Å². The summed E-state index contributed by atoms with van der Waals surface area (Å²) in [4.78, 5) is 50.2. The molecular weight excluding hydrogens is 360 g/mol. The molecule has 7 nitrogen and oxygen atoms in total. The van der Waals surface area contributed by atoms with E-state index in [0.29, 0.717) is 17.5 Å². The number of likely N-dealkylation sites (tertiary alicyclic amines) is 1. The van der Waals surface area contributed by atoms with Crippen molar-refractivity contribution in [2.45, 2.75) is 32.6 Å². The summed E-state index contributed by atoms with van der Waals surface area (Å²) in [7, 11) is 0. The number of nitrogens with zero attached hydrogens (tertiary/aromatic N) is 1. The standard InChI is InChI=1S/C21H24N2O5/c1-12-2-6-15(7-3-12)22-16(24)11-28-17(25)8-9-23-20(26)18-13-4-5-14(10-13)19(18)21(23)27/h2-3,6-7,13-14,18-19H,4-5,8-11H2,1H3,(H,22,24)/t13-,14+,18-,19+. The first-order valence-corrected chi connectivity index (χ1v) is 9.81. The van der Waals surface area contributed by atoms with E-state index in [1.54, 1.807) is 12.1 Å². The van der Waals surface area contributed by atoms with E-state index in [-0.39, 0.29) is 36.6 Å². The second-order valence-electron chi connectivity index (χ2n) is 8.04. The number of anilines is 1. The van der Waals surface area contributed by atoms with E-state index >= 15 is 0 Å². The van der Waals surface area contributed by atoms with Crippen LogP contribution in [0.25, 0.3) is 0 Å². The van der Waals surface area contributed by atoms with Gasteiger partial charge in [0.15, 0.2) is 6.61 Å². The average molecular weight is 384 g/mol. The number of benzene rings is 1. The van der Waals surface area contributed by atoms with Crippen LogP contribution in [0.2, 0.25) is 0 Å². The number of rotatable bonds is 6. The third-order valence-electron chi connectivity index (χ3n) is 6.26. The lowest BCUT2D eigenvalue weighted by molar-refractivity contribution is -0.149. The van der Waals surface area contributed by atoms with Crippen LogP contribution >= 0.6 is 0 Å². The first-order chi connectivity index (χ1) is 13.4. The molecule has 1 aromatic carbocycles. The molecule has 1 saturated heterocycles. The lowest BCUT2D eigenvalue weighted by Gasteiger charge is -2.19. The Labute approximate surface area is 163 Å². The van der Waals surface area contributed by atoms with Crippen molar-refractivity contribution < 1.29 is 23.9 Å². The van der Waals surface area contributed by atoms with Crippen molar-refractivity contribution in [3.63, 3.8) is 0 Å². The van der Waals surface area contributed by atoms with Gasteiger partial charge in [-0.25, -0.2) is 0 Å². The molecule has 0 radical (unpaired) electrons. The Kier molecular flexibility index (Phi) is 4.91. The third kappa shape index (κ3) is 3.41. The molecule has 3 amide bonds. The summed E-state index contributed by atoms with van der Waals surface area (Å²) >= 11 is 0. The molecule has 7 heteroatoms. The number of fused-ring (bicyclic) bond motifs is 5. The van der Waals surface area contributed by atoms with Crippen LogP contribution in [0.1, 0.15) is 31.2 Å². The number of amides is 3. The molecule has 4 atom stereocenters. The van der Waals surface area contributed by atoms with Crippen LogP contribution in [0.3, 0.4) is 0 Å². The number of aryl methyl sites for hydroxylation is 1. The van der Waals surface area contributed by atoms with E-state index in [4.69, 9.17) is 4.74 Å². The molecule has 1 aliphatic heterocycles. The van der Waals surface area contributed by atoms with Crippen LogP contribution < -0.4 is 5.32 Å². The fourth-order valence-electron chi connectivity index (χ4n) is 4.95. The number of imide groups is 1. The minimum atomic E-state index is -0.598. The Balaban J connectivity index is 1.22. The molecule has 2 aliphatic carbocycles. The highest BCUT2D eigenvalue weighted by Crippen LogP contribution is 2.56. The SMILES string of the molecule is Cc1ccc(NC(=O)COC(=O)CCN2C(=O)[C@@H]3[C@@H]4CC[C@@H](C4)[C@@H]3C2=O)cc1. The summed E-state index contributed by atoms with van der Waals surface area (Å²) in [6, 6.07) is 7.27. The van der Waals surface area contributed by atoms with Gasteiger partial charge in [-0.3, -0.25) is 24.1 Å². The largest absolute Gasteiger partial charge is 0.456 e. The maximum atomic E-state index is 12.6. The van der Waals surface area contributed by atoms with Crippen LogP contribution in [0, 0.1) is 30.6 Å². The quantitative estimate of drug-likeness (QED) is 0.597. The molecule has 3 fully saturated rings. The zero-order valence-electron chi connectivity index (χ0n) is 15.8. The predicted octanol–water partition coefficient (Wildman–Crippen LogP) is 1.90. The molecular formula is C21H24N2O5. The molecule has 148 valence electrons. The van der Waals surface area contributed by atoms with Crippen molar-refractivity contribution in [1.29, 1.82) is 0 Å². The van der Waals surface area contributed by atoms with Gasteiger partial charge in [-0.2, -0.15) is 0 Å². The Bertz CT molecular complexity index is 791. The number of esters is 1. The molecule has 0 unspecified atom stereocenters. The number of hydrogen-bond donors (Lipinski definition) is 1. The Morgan fingerprint density at radius 2 is 1.68 bits per heavy atom. The van der Waals surface area contributed by atoms with Crippen LogP contribution in [0.15, 0.2) is 24.3 Å². The van der Waals surface area contributed by atoms with Gasteiger partial charge in [-0.05, 0) is 50.2 Å². The highest BCUT2D eigenvalue weighted by atomic mass is 16.5. The normalized spacial score (nSPS) is 27.8. The maximum Gasteiger partial charge on any atom is 0.308 e. The minimum Gasteiger partial charge on any atom is -0.456 e. The highest BCUT2D eigenvalue weighted by Gasteiger charge is 2.60. The summed E-state index contributed by atoms with van der Waals surface area (Å²) in [5, 5.41) is 2.64. The summed E-state index contributed by atoms with van der Waals surface area (Å²) in [6.45, 7) is 1.58. The maximum absolute atomic E-state index is 12.6. The van der Waals surface area contributed by atoms with Crippen LogP contribution in [-0.2, 0) is 23.9 Å². The van der Waals surface area contributed by atoms with Crippen LogP contribution in [0.5, 0.6) is 0 Å². The van der Waals surface area contributed by atoms with Gasteiger partial charge in [-0.15, -0.1) is 0 Å². The third-order valence-corrected chi connectivity index (χ3v) is 6.26. The van der Waals surface area contributed by atoms with Gasteiger partial charge in [0.1, 0.15) is 0 Å². The molecule has 2 bridgehead atoms. The van der Waals surface area contributed by atoms with Crippen molar-refractivity contribution in [3.8, 4) is 0 Å². The minimum absolute atomic E-state index is 0.0303. The fourth-order valence-corrected chi connectivity index (χ4v) is 4.95. The van der Waals surface area contributed by atoms with Gasteiger partial charge in [0.05, 0.1) is 18.3 Å². The first-order valence-electron chi connectivity index (χ1n) is 9.81. The van der Waals surface area contributed by atoms with Gasteiger partial charge in [0.2, 0.25) is 11.8 Å². The molecule has 28 heavy (non-hydrogen) atoms. The van der Waals surface area contributed by atoms with Gasteiger partial charge in [0, 0.05) is 12.2 Å². The van der Waals surface area contributed by atoms with Crippen molar-refractivity contribution in [2.75, 3.05) is 18.5 Å². The second kappa shape index (κ2) is 7.37. The predicted molar refractivity (Wildman–Crippen MR) is 99.9 cm³/mol.